The third kappa shape index (κ3) is 2.59. The lowest BCUT2D eigenvalue weighted by Gasteiger charge is -2.13. The van der Waals surface area contributed by atoms with E-state index in [2.05, 4.69) is 10.1 Å². The van der Waals surface area contributed by atoms with Crippen molar-refractivity contribution in [2.45, 2.75) is 19.9 Å². The van der Waals surface area contributed by atoms with Crippen molar-refractivity contribution in [3.8, 4) is 11.3 Å². The van der Waals surface area contributed by atoms with E-state index in [1.54, 1.807) is 42.6 Å². The van der Waals surface area contributed by atoms with Crippen molar-refractivity contribution in [3.05, 3.63) is 58.5 Å². The molecule has 2 N–H and O–H groups in total. The second kappa shape index (κ2) is 5.64. The molecule has 0 aliphatic heterocycles. The molecule has 6 nitrogen and oxygen atoms in total. The SMILES string of the molecule is CC(C)n1nc(-c2ccc(C(N)=O)cc2)c2ncccc2c1=O. The number of hydrogen-bond donors (Lipinski definition) is 1. The van der Waals surface area contributed by atoms with E-state index < -0.39 is 5.91 Å². The number of pyridine rings is 1. The Bertz CT molecular complexity index is 943. The first-order valence-electron chi connectivity index (χ1n) is 7.27. The fourth-order valence-electron chi connectivity index (χ4n) is 2.43. The van der Waals surface area contributed by atoms with Crippen molar-refractivity contribution in [2.75, 3.05) is 0 Å². The molecule has 0 unspecified atom stereocenters. The van der Waals surface area contributed by atoms with E-state index in [0.29, 0.717) is 22.2 Å². The molecular weight excluding hydrogens is 292 g/mol. The number of carbonyl (C=O) groups is 1. The van der Waals surface area contributed by atoms with Gasteiger partial charge in [-0.3, -0.25) is 14.6 Å². The first-order valence-corrected chi connectivity index (χ1v) is 7.27. The van der Waals surface area contributed by atoms with Gasteiger partial charge in [-0.2, -0.15) is 5.10 Å². The number of rotatable bonds is 3. The topological polar surface area (TPSA) is 90.9 Å². The van der Waals surface area contributed by atoms with E-state index in [0.717, 1.165) is 5.56 Å². The van der Waals surface area contributed by atoms with E-state index in [-0.39, 0.29) is 11.6 Å². The zero-order valence-electron chi connectivity index (χ0n) is 12.9. The van der Waals surface area contributed by atoms with Gasteiger partial charge < -0.3 is 5.73 Å². The van der Waals surface area contributed by atoms with Crippen LogP contribution in [0.25, 0.3) is 22.2 Å². The second-order valence-electron chi connectivity index (χ2n) is 5.53. The molecule has 0 bridgehead atoms. The summed E-state index contributed by atoms with van der Waals surface area (Å²) in [5.74, 6) is -0.486. The van der Waals surface area contributed by atoms with Gasteiger partial charge >= 0.3 is 0 Å². The third-order valence-electron chi connectivity index (χ3n) is 3.61. The molecule has 2 heterocycles. The van der Waals surface area contributed by atoms with Crippen molar-refractivity contribution < 1.29 is 4.79 Å². The van der Waals surface area contributed by atoms with Gasteiger partial charge in [0.25, 0.3) is 5.56 Å². The fourth-order valence-corrected chi connectivity index (χ4v) is 2.43. The smallest absolute Gasteiger partial charge is 0.276 e. The quantitative estimate of drug-likeness (QED) is 0.802. The summed E-state index contributed by atoms with van der Waals surface area (Å²) in [4.78, 5) is 28.0. The van der Waals surface area contributed by atoms with E-state index in [1.165, 1.54) is 4.68 Å². The van der Waals surface area contributed by atoms with Gasteiger partial charge in [0, 0.05) is 17.3 Å². The summed E-state index contributed by atoms with van der Waals surface area (Å²) in [6, 6.07) is 10.2. The normalized spacial score (nSPS) is 11.1. The monoisotopic (exact) mass is 308 g/mol. The molecule has 2 aromatic heterocycles. The van der Waals surface area contributed by atoms with Gasteiger partial charge in [0.15, 0.2) is 0 Å². The Labute approximate surface area is 132 Å². The fraction of sp³-hybridized carbons (Fsp3) is 0.176. The Kier molecular flexibility index (Phi) is 3.65. The van der Waals surface area contributed by atoms with Gasteiger partial charge in [-0.25, -0.2) is 4.68 Å². The molecule has 0 spiro atoms. The van der Waals surface area contributed by atoms with E-state index in [4.69, 9.17) is 5.73 Å². The molecule has 0 saturated carbocycles. The Hall–Kier alpha value is -3.02. The van der Waals surface area contributed by atoms with Gasteiger partial charge in [-0.05, 0) is 38.1 Å². The largest absolute Gasteiger partial charge is 0.366 e. The van der Waals surface area contributed by atoms with Crippen LogP contribution in [0.4, 0.5) is 0 Å². The Morgan fingerprint density at radius 2 is 1.87 bits per heavy atom. The maximum Gasteiger partial charge on any atom is 0.276 e. The van der Waals surface area contributed by atoms with Crippen molar-refractivity contribution in [1.82, 2.24) is 14.8 Å². The number of hydrogen-bond acceptors (Lipinski definition) is 4. The maximum atomic E-state index is 12.5. The summed E-state index contributed by atoms with van der Waals surface area (Å²) in [5.41, 5.74) is 7.43. The molecule has 1 amide bonds. The highest BCUT2D eigenvalue weighted by Gasteiger charge is 2.15. The van der Waals surface area contributed by atoms with Crippen LogP contribution in [-0.2, 0) is 0 Å². The van der Waals surface area contributed by atoms with Crippen LogP contribution < -0.4 is 11.3 Å². The molecule has 3 aromatic rings. The van der Waals surface area contributed by atoms with Gasteiger partial charge in [0.1, 0.15) is 11.2 Å². The first kappa shape index (κ1) is 14.9. The van der Waals surface area contributed by atoms with Gasteiger partial charge in [-0.15, -0.1) is 0 Å². The standard InChI is InChI=1S/C17H16N4O2/c1-10(2)21-17(23)13-4-3-9-19-15(13)14(20-21)11-5-7-12(8-6-11)16(18)22/h3-10H,1-2H3,(H2,18,22). The highest BCUT2D eigenvalue weighted by molar-refractivity contribution is 5.94. The van der Waals surface area contributed by atoms with Crippen molar-refractivity contribution >= 4 is 16.8 Å². The Balaban J connectivity index is 2.30. The van der Waals surface area contributed by atoms with E-state index >= 15 is 0 Å². The molecule has 0 atom stereocenters. The molecule has 0 aliphatic rings. The lowest BCUT2D eigenvalue weighted by molar-refractivity contribution is 0.100. The molecule has 6 heteroatoms. The lowest BCUT2D eigenvalue weighted by atomic mass is 10.1. The lowest BCUT2D eigenvalue weighted by Crippen LogP contribution is -2.25. The van der Waals surface area contributed by atoms with Crippen LogP contribution in [0.3, 0.4) is 0 Å². The summed E-state index contributed by atoms with van der Waals surface area (Å²) in [6.07, 6.45) is 1.63. The summed E-state index contributed by atoms with van der Waals surface area (Å²) in [5, 5.41) is 4.99. The molecule has 116 valence electrons. The molecule has 1 aromatic carbocycles. The predicted molar refractivity (Wildman–Crippen MR) is 88.1 cm³/mol. The first-order chi connectivity index (χ1) is 11.0. The van der Waals surface area contributed by atoms with Gasteiger partial charge in [-0.1, -0.05) is 12.1 Å². The summed E-state index contributed by atoms with van der Waals surface area (Å²) >= 11 is 0. The highest BCUT2D eigenvalue weighted by atomic mass is 16.1. The zero-order chi connectivity index (χ0) is 16.6. The van der Waals surface area contributed by atoms with Crippen LogP contribution >= 0.6 is 0 Å². The predicted octanol–water partition coefficient (Wildman–Crippen LogP) is 2.14. The second-order valence-corrected chi connectivity index (χ2v) is 5.53. The Morgan fingerprint density at radius 3 is 2.48 bits per heavy atom. The van der Waals surface area contributed by atoms with Crippen LogP contribution in [0.15, 0.2) is 47.4 Å². The zero-order valence-corrected chi connectivity index (χ0v) is 12.9. The molecule has 0 saturated heterocycles. The average molecular weight is 308 g/mol. The number of aromatic nitrogens is 3. The molecule has 0 aliphatic carbocycles. The van der Waals surface area contributed by atoms with Crippen molar-refractivity contribution in [2.24, 2.45) is 5.73 Å². The summed E-state index contributed by atoms with van der Waals surface area (Å²) in [6.45, 7) is 3.80. The van der Waals surface area contributed by atoms with Gasteiger partial charge in [0.05, 0.1) is 11.4 Å². The van der Waals surface area contributed by atoms with Crippen LogP contribution in [0, 0.1) is 0 Å². The average Bonchev–Trinajstić information content (AvgIpc) is 2.55. The number of carbonyl (C=O) groups excluding carboxylic acids is 1. The summed E-state index contributed by atoms with van der Waals surface area (Å²) in [7, 11) is 0. The molecule has 3 rings (SSSR count). The minimum atomic E-state index is -0.486. The van der Waals surface area contributed by atoms with Crippen molar-refractivity contribution in [3.63, 3.8) is 0 Å². The van der Waals surface area contributed by atoms with Crippen LogP contribution in [0.2, 0.25) is 0 Å². The number of nitrogens with two attached hydrogens (primary N) is 1. The van der Waals surface area contributed by atoms with Crippen LogP contribution in [-0.4, -0.2) is 20.7 Å². The number of primary amides is 1. The number of amides is 1. The minimum absolute atomic E-state index is 0.0734. The number of fused-ring (bicyclic) bond motifs is 1. The molecule has 0 fully saturated rings. The van der Waals surface area contributed by atoms with Crippen LogP contribution in [0.1, 0.15) is 30.2 Å². The highest BCUT2D eigenvalue weighted by Crippen LogP contribution is 2.24. The molecular formula is C17H16N4O2. The van der Waals surface area contributed by atoms with E-state index in [1.807, 2.05) is 13.8 Å². The molecule has 23 heavy (non-hydrogen) atoms. The minimum Gasteiger partial charge on any atom is -0.366 e. The van der Waals surface area contributed by atoms with Gasteiger partial charge in [0.2, 0.25) is 5.91 Å². The molecule has 0 radical (unpaired) electrons. The van der Waals surface area contributed by atoms with Crippen molar-refractivity contribution in [1.29, 1.82) is 0 Å². The maximum absolute atomic E-state index is 12.5. The number of benzene rings is 1. The van der Waals surface area contributed by atoms with Crippen LogP contribution in [0.5, 0.6) is 0 Å². The third-order valence-corrected chi connectivity index (χ3v) is 3.61. The number of nitrogens with zero attached hydrogens (tertiary/aromatic N) is 3. The van der Waals surface area contributed by atoms with E-state index in [9.17, 15) is 9.59 Å². The summed E-state index contributed by atoms with van der Waals surface area (Å²) < 4.78 is 1.45. The Morgan fingerprint density at radius 1 is 1.17 bits per heavy atom.